The number of ether oxygens (including phenoxy) is 1. The van der Waals surface area contributed by atoms with Crippen molar-refractivity contribution in [1.29, 1.82) is 0 Å². The van der Waals surface area contributed by atoms with E-state index in [-0.39, 0.29) is 19.1 Å². The Morgan fingerprint density at radius 2 is 1.61 bits per heavy atom. The summed E-state index contributed by atoms with van der Waals surface area (Å²) in [5.41, 5.74) is 2.82. The lowest BCUT2D eigenvalue weighted by atomic mass is 10.2. The van der Waals surface area contributed by atoms with Crippen LogP contribution in [0.3, 0.4) is 0 Å². The molecule has 0 saturated carbocycles. The van der Waals surface area contributed by atoms with Crippen LogP contribution in [-0.4, -0.2) is 30.9 Å². The normalized spacial score (nSPS) is 11.0. The highest BCUT2D eigenvalue weighted by molar-refractivity contribution is 6.00. The summed E-state index contributed by atoms with van der Waals surface area (Å²) < 4.78 is 7.36. The Bertz CT molecular complexity index is 1370. The highest BCUT2D eigenvalue weighted by Crippen LogP contribution is 2.24. The predicted octanol–water partition coefficient (Wildman–Crippen LogP) is 3.59. The maximum atomic E-state index is 12.5. The minimum atomic E-state index is -0.214. The average Bonchev–Trinajstić information content (AvgIpc) is 3.25. The van der Waals surface area contributed by atoms with Gasteiger partial charge >= 0.3 is 0 Å². The first-order chi connectivity index (χ1) is 15.3. The minimum absolute atomic E-state index is 0.0338. The summed E-state index contributed by atoms with van der Waals surface area (Å²) in [6.45, 7) is 0.261. The van der Waals surface area contributed by atoms with Gasteiger partial charge in [0.25, 0.3) is 0 Å². The van der Waals surface area contributed by atoms with Crippen LogP contribution < -0.4 is 10.1 Å². The van der Waals surface area contributed by atoms with Crippen LogP contribution in [0.2, 0.25) is 0 Å². The number of carbonyl (C=O) groups excluding carboxylic acids is 1. The molecule has 3 heterocycles. The summed E-state index contributed by atoms with van der Waals surface area (Å²) in [4.78, 5) is 21.2. The number of anilines is 1. The van der Waals surface area contributed by atoms with Gasteiger partial charge in [-0.1, -0.05) is 41.6 Å². The van der Waals surface area contributed by atoms with E-state index in [1.165, 1.54) is 4.68 Å². The van der Waals surface area contributed by atoms with Crippen molar-refractivity contribution in [1.82, 2.24) is 25.0 Å². The number of nitrogens with zero attached hydrogens (tertiary/aromatic N) is 5. The van der Waals surface area contributed by atoms with Crippen LogP contribution in [-0.2, 0) is 17.9 Å². The van der Waals surface area contributed by atoms with Gasteiger partial charge in [-0.15, -0.1) is 5.10 Å². The Morgan fingerprint density at radius 1 is 0.903 bits per heavy atom. The van der Waals surface area contributed by atoms with E-state index in [9.17, 15) is 4.79 Å². The van der Waals surface area contributed by atoms with Gasteiger partial charge < -0.3 is 10.1 Å². The number of pyridine rings is 2. The number of benzene rings is 2. The van der Waals surface area contributed by atoms with Crippen molar-refractivity contribution in [3.05, 3.63) is 84.9 Å². The third-order valence-corrected chi connectivity index (χ3v) is 4.77. The van der Waals surface area contributed by atoms with Gasteiger partial charge in [0.2, 0.25) is 5.91 Å². The Morgan fingerprint density at radius 3 is 2.45 bits per heavy atom. The second-order valence-corrected chi connectivity index (χ2v) is 6.96. The van der Waals surface area contributed by atoms with Crippen molar-refractivity contribution >= 4 is 33.4 Å². The summed E-state index contributed by atoms with van der Waals surface area (Å²) in [7, 11) is 0. The molecule has 8 nitrogen and oxygen atoms in total. The van der Waals surface area contributed by atoms with Crippen molar-refractivity contribution in [2.75, 3.05) is 5.32 Å². The Kier molecular flexibility index (Phi) is 4.94. The summed E-state index contributed by atoms with van der Waals surface area (Å²) >= 11 is 0. The Balaban J connectivity index is 1.24. The first kappa shape index (κ1) is 18.7. The minimum Gasteiger partial charge on any atom is -0.485 e. The van der Waals surface area contributed by atoms with E-state index in [0.717, 1.165) is 21.8 Å². The topological polar surface area (TPSA) is 94.8 Å². The zero-order valence-corrected chi connectivity index (χ0v) is 16.5. The third-order valence-electron chi connectivity index (χ3n) is 4.77. The largest absolute Gasteiger partial charge is 0.485 e. The lowest BCUT2D eigenvalue weighted by molar-refractivity contribution is -0.116. The number of hydrogen-bond donors (Lipinski definition) is 1. The van der Waals surface area contributed by atoms with Gasteiger partial charge in [-0.05, 0) is 24.3 Å². The lowest BCUT2D eigenvalue weighted by Crippen LogP contribution is -2.19. The maximum absolute atomic E-state index is 12.5. The number of nitrogens with one attached hydrogen (secondary N) is 1. The van der Waals surface area contributed by atoms with Crippen LogP contribution in [0, 0.1) is 0 Å². The smallest absolute Gasteiger partial charge is 0.246 e. The summed E-state index contributed by atoms with van der Waals surface area (Å²) in [5.74, 6) is 0.461. The highest BCUT2D eigenvalue weighted by Gasteiger charge is 2.10. The molecule has 5 aromatic rings. The van der Waals surface area contributed by atoms with Crippen LogP contribution in [0.25, 0.3) is 21.8 Å². The van der Waals surface area contributed by atoms with Gasteiger partial charge in [0.1, 0.15) is 30.1 Å². The van der Waals surface area contributed by atoms with E-state index in [2.05, 4.69) is 25.6 Å². The van der Waals surface area contributed by atoms with E-state index in [0.29, 0.717) is 17.1 Å². The summed E-state index contributed by atoms with van der Waals surface area (Å²) in [6, 6.07) is 19.1. The number of carbonyl (C=O) groups is 1. The molecule has 5 rings (SSSR count). The monoisotopic (exact) mass is 410 g/mol. The predicted molar refractivity (Wildman–Crippen MR) is 116 cm³/mol. The Labute approximate surface area is 177 Å². The second kappa shape index (κ2) is 8.19. The molecule has 2 aromatic carbocycles. The highest BCUT2D eigenvalue weighted by atomic mass is 16.5. The standard InChI is InChI=1S/C23H18N6O2/c30-21(26-19-9-1-5-16-7-3-11-24-22(16)19)14-29-13-18(27-28-29)15-31-20-10-2-6-17-8-4-12-25-23(17)20/h1-13H,14-15H2,(H,26,30). The number of fused-ring (bicyclic) bond motifs is 2. The molecule has 0 saturated heterocycles. The van der Waals surface area contributed by atoms with E-state index >= 15 is 0 Å². The molecule has 0 aliphatic heterocycles. The first-order valence-corrected chi connectivity index (χ1v) is 9.75. The molecule has 0 radical (unpaired) electrons. The van der Waals surface area contributed by atoms with Crippen LogP contribution >= 0.6 is 0 Å². The molecule has 0 aliphatic rings. The Hall–Kier alpha value is -4.33. The van der Waals surface area contributed by atoms with Gasteiger partial charge in [-0.25, -0.2) is 4.68 Å². The van der Waals surface area contributed by atoms with Crippen molar-refractivity contribution in [3.8, 4) is 5.75 Å². The molecular formula is C23H18N6O2. The van der Waals surface area contributed by atoms with Crippen LogP contribution in [0.1, 0.15) is 5.69 Å². The quantitative estimate of drug-likeness (QED) is 0.460. The molecule has 8 heteroatoms. The van der Waals surface area contributed by atoms with Crippen molar-refractivity contribution < 1.29 is 9.53 Å². The zero-order chi connectivity index (χ0) is 21.0. The number of para-hydroxylation sites is 2. The fraction of sp³-hybridized carbons (Fsp3) is 0.0870. The number of aromatic nitrogens is 5. The average molecular weight is 410 g/mol. The summed E-state index contributed by atoms with van der Waals surface area (Å²) in [5, 5.41) is 13.0. The van der Waals surface area contributed by atoms with Gasteiger partial charge in [-0.2, -0.15) is 0 Å². The third kappa shape index (κ3) is 4.04. The van der Waals surface area contributed by atoms with E-state index in [4.69, 9.17) is 4.74 Å². The van der Waals surface area contributed by atoms with Gasteiger partial charge in [0.15, 0.2) is 0 Å². The second-order valence-electron chi connectivity index (χ2n) is 6.96. The molecule has 0 unspecified atom stereocenters. The first-order valence-electron chi connectivity index (χ1n) is 9.75. The molecule has 0 aliphatic carbocycles. The number of amides is 1. The molecular weight excluding hydrogens is 392 g/mol. The van der Waals surface area contributed by atoms with Gasteiger partial charge in [-0.3, -0.25) is 14.8 Å². The molecule has 0 bridgehead atoms. The van der Waals surface area contributed by atoms with Crippen molar-refractivity contribution in [2.24, 2.45) is 0 Å². The van der Waals surface area contributed by atoms with E-state index in [1.54, 1.807) is 18.6 Å². The fourth-order valence-electron chi connectivity index (χ4n) is 3.37. The lowest BCUT2D eigenvalue weighted by Gasteiger charge is -2.08. The molecule has 1 N–H and O–H groups in total. The van der Waals surface area contributed by atoms with Crippen LogP contribution in [0.5, 0.6) is 5.75 Å². The summed E-state index contributed by atoms with van der Waals surface area (Å²) in [6.07, 6.45) is 5.13. The number of rotatable bonds is 6. The van der Waals surface area contributed by atoms with E-state index < -0.39 is 0 Å². The van der Waals surface area contributed by atoms with Crippen LogP contribution in [0.4, 0.5) is 5.69 Å². The number of hydrogen-bond acceptors (Lipinski definition) is 6. The molecule has 1 amide bonds. The van der Waals surface area contributed by atoms with Crippen molar-refractivity contribution in [3.63, 3.8) is 0 Å². The van der Waals surface area contributed by atoms with Gasteiger partial charge in [0, 0.05) is 23.2 Å². The SMILES string of the molecule is O=C(Cn1cc(COc2cccc3cccnc23)nn1)Nc1cccc2cccnc12. The zero-order valence-electron chi connectivity index (χ0n) is 16.5. The van der Waals surface area contributed by atoms with Crippen LogP contribution in [0.15, 0.2) is 79.3 Å². The molecule has 152 valence electrons. The molecule has 0 fully saturated rings. The fourth-order valence-corrected chi connectivity index (χ4v) is 3.37. The molecule has 0 atom stereocenters. The van der Waals surface area contributed by atoms with E-state index in [1.807, 2.05) is 60.7 Å². The molecule has 0 spiro atoms. The molecule has 3 aromatic heterocycles. The van der Waals surface area contributed by atoms with Crippen molar-refractivity contribution in [2.45, 2.75) is 13.2 Å². The van der Waals surface area contributed by atoms with Gasteiger partial charge in [0.05, 0.1) is 17.4 Å². The molecule has 31 heavy (non-hydrogen) atoms. The maximum Gasteiger partial charge on any atom is 0.246 e.